The molecule has 2 aliphatic carbocycles. The predicted octanol–water partition coefficient (Wildman–Crippen LogP) is 1.39. The Morgan fingerprint density at radius 1 is 0.778 bits per heavy atom. The van der Waals surface area contributed by atoms with E-state index in [1.54, 1.807) is 6.92 Å². The molecule has 5 atom stereocenters. The first kappa shape index (κ1) is 21.2. The fraction of sp³-hybridized carbons (Fsp3) is 0.789. The molecular formula is C19H30N2O6. The molecule has 2 aliphatic rings. The summed E-state index contributed by atoms with van der Waals surface area (Å²) in [6.45, 7) is 1.93. The molecule has 0 aromatic rings. The number of hydrogen-bond acceptors (Lipinski definition) is 4. The Kier molecular flexibility index (Phi) is 7.62. The van der Waals surface area contributed by atoms with E-state index in [-0.39, 0.29) is 24.4 Å². The molecule has 8 heteroatoms. The van der Waals surface area contributed by atoms with E-state index in [1.165, 1.54) is 0 Å². The van der Waals surface area contributed by atoms with Gasteiger partial charge >= 0.3 is 11.9 Å². The Morgan fingerprint density at radius 3 is 1.63 bits per heavy atom. The molecule has 2 fully saturated rings. The van der Waals surface area contributed by atoms with Gasteiger partial charge < -0.3 is 20.8 Å². The van der Waals surface area contributed by atoms with Crippen molar-refractivity contribution in [2.75, 3.05) is 6.54 Å². The zero-order valence-corrected chi connectivity index (χ0v) is 15.8. The zero-order chi connectivity index (χ0) is 20.0. The highest BCUT2D eigenvalue weighted by Crippen LogP contribution is 2.31. The van der Waals surface area contributed by atoms with Gasteiger partial charge in [0, 0.05) is 12.6 Å². The molecule has 2 saturated carbocycles. The summed E-state index contributed by atoms with van der Waals surface area (Å²) in [6.07, 6.45) is 5.46. The Bertz CT molecular complexity index is 579. The second-order valence-corrected chi connectivity index (χ2v) is 7.83. The van der Waals surface area contributed by atoms with Crippen LogP contribution in [-0.4, -0.2) is 46.6 Å². The zero-order valence-electron chi connectivity index (χ0n) is 15.8. The first-order valence-corrected chi connectivity index (χ1v) is 9.85. The van der Waals surface area contributed by atoms with Crippen LogP contribution in [0.1, 0.15) is 58.3 Å². The number of nitrogens with one attached hydrogen (secondary N) is 2. The largest absolute Gasteiger partial charge is 0.481 e. The number of rotatable bonds is 7. The van der Waals surface area contributed by atoms with E-state index < -0.39 is 35.6 Å². The molecule has 0 heterocycles. The summed E-state index contributed by atoms with van der Waals surface area (Å²) in [6, 6.07) is -0.357. The molecule has 4 N–H and O–H groups in total. The number of carbonyl (C=O) groups excluding carboxylic acids is 2. The Hall–Kier alpha value is -2.12. The fourth-order valence-corrected chi connectivity index (χ4v) is 4.27. The third-order valence-corrected chi connectivity index (χ3v) is 5.81. The standard InChI is InChI=1S/C19H30N2O6/c1-11(21-17(23)13-7-3-5-9-15(13)19(26)27)10-20-16(22)12-6-2-4-8-14(12)18(24)25/h11-15H,2-10H2,1H3,(H,20,22)(H,21,23)(H,24,25)(H,26,27). The van der Waals surface area contributed by atoms with Crippen molar-refractivity contribution in [3.8, 4) is 0 Å². The molecular weight excluding hydrogens is 352 g/mol. The van der Waals surface area contributed by atoms with Crippen LogP contribution in [-0.2, 0) is 19.2 Å². The van der Waals surface area contributed by atoms with Crippen molar-refractivity contribution in [3.05, 3.63) is 0 Å². The van der Waals surface area contributed by atoms with Gasteiger partial charge in [-0.1, -0.05) is 25.7 Å². The Morgan fingerprint density at radius 2 is 1.19 bits per heavy atom. The van der Waals surface area contributed by atoms with Crippen molar-refractivity contribution in [1.82, 2.24) is 10.6 Å². The number of aliphatic carboxylic acids is 2. The smallest absolute Gasteiger partial charge is 0.307 e. The van der Waals surface area contributed by atoms with Crippen LogP contribution in [0.3, 0.4) is 0 Å². The first-order valence-electron chi connectivity index (χ1n) is 9.85. The summed E-state index contributed by atoms with van der Waals surface area (Å²) in [4.78, 5) is 47.5. The minimum atomic E-state index is -0.937. The average molecular weight is 382 g/mol. The molecule has 2 rings (SSSR count). The minimum absolute atomic E-state index is 0.192. The third-order valence-electron chi connectivity index (χ3n) is 5.81. The average Bonchev–Trinajstić information content (AvgIpc) is 2.65. The number of hydrogen-bond donors (Lipinski definition) is 4. The summed E-state index contributed by atoms with van der Waals surface area (Å²) in [5.74, 6) is -4.82. The summed E-state index contributed by atoms with van der Waals surface area (Å²) in [5.41, 5.74) is 0. The molecule has 0 bridgehead atoms. The lowest BCUT2D eigenvalue weighted by molar-refractivity contribution is -0.149. The van der Waals surface area contributed by atoms with Gasteiger partial charge in [-0.05, 0) is 32.6 Å². The fourth-order valence-electron chi connectivity index (χ4n) is 4.27. The van der Waals surface area contributed by atoms with Crippen LogP contribution in [0.2, 0.25) is 0 Å². The van der Waals surface area contributed by atoms with E-state index in [1.807, 2.05) is 0 Å². The lowest BCUT2D eigenvalue weighted by atomic mass is 9.78. The van der Waals surface area contributed by atoms with Crippen molar-refractivity contribution in [2.24, 2.45) is 23.7 Å². The molecule has 5 unspecified atom stereocenters. The minimum Gasteiger partial charge on any atom is -0.481 e. The lowest BCUT2D eigenvalue weighted by Crippen LogP contribution is -2.48. The predicted molar refractivity (Wildman–Crippen MR) is 96.8 cm³/mol. The molecule has 0 radical (unpaired) electrons. The Balaban J connectivity index is 1.83. The highest BCUT2D eigenvalue weighted by Gasteiger charge is 2.37. The van der Waals surface area contributed by atoms with Crippen LogP contribution in [0.15, 0.2) is 0 Å². The summed E-state index contributed by atoms with van der Waals surface area (Å²) < 4.78 is 0. The van der Waals surface area contributed by atoms with Gasteiger partial charge in [0.25, 0.3) is 0 Å². The first-order chi connectivity index (χ1) is 12.8. The maximum absolute atomic E-state index is 12.4. The number of amides is 2. The van der Waals surface area contributed by atoms with Gasteiger partial charge in [0.05, 0.1) is 23.7 Å². The van der Waals surface area contributed by atoms with Crippen LogP contribution in [0, 0.1) is 23.7 Å². The second kappa shape index (κ2) is 9.71. The third kappa shape index (κ3) is 5.68. The quantitative estimate of drug-likeness (QED) is 0.526. The second-order valence-electron chi connectivity index (χ2n) is 7.83. The molecule has 27 heavy (non-hydrogen) atoms. The van der Waals surface area contributed by atoms with Crippen molar-refractivity contribution >= 4 is 23.8 Å². The van der Waals surface area contributed by atoms with Gasteiger partial charge in [0.15, 0.2) is 0 Å². The molecule has 0 spiro atoms. The van der Waals surface area contributed by atoms with Crippen molar-refractivity contribution in [3.63, 3.8) is 0 Å². The van der Waals surface area contributed by atoms with Crippen LogP contribution in [0.25, 0.3) is 0 Å². The summed E-state index contributed by atoms with van der Waals surface area (Å²) >= 11 is 0. The molecule has 2 amide bonds. The molecule has 152 valence electrons. The Labute approximate surface area is 159 Å². The van der Waals surface area contributed by atoms with Crippen LogP contribution in [0.4, 0.5) is 0 Å². The molecule has 0 aromatic heterocycles. The van der Waals surface area contributed by atoms with Crippen molar-refractivity contribution in [1.29, 1.82) is 0 Å². The molecule has 0 aliphatic heterocycles. The van der Waals surface area contributed by atoms with E-state index >= 15 is 0 Å². The lowest BCUT2D eigenvalue weighted by Gasteiger charge is -2.30. The van der Waals surface area contributed by atoms with Gasteiger partial charge in [-0.15, -0.1) is 0 Å². The highest BCUT2D eigenvalue weighted by molar-refractivity contribution is 5.86. The number of carboxylic acids is 2. The van der Waals surface area contributed by atoms with E-state index in [0.717, 1.165) is 25.7 Å². The molecule has 0 aromatic carbocycles. The number of carbonyl (C=O) groups is 4. The van der Waals surface area contributed by atoms with Gasteiger partial charge in [0.2, 0.25) is 11.8 Å². The summed E-state index contributed by atoms with van der Waals surface area (Å²) in [7, 11) is 0. The van der Waals surface area contributed by atoms with E-state index in [2.05, 4.69) is 10.6 Å². The topological polar surface area (TPSA) is 133 Å². The summed E-state index contributed by atoms with van der Waals surface area (Å²) in [5, 5.41) is 24.1. The van der Waals surface area contributed by atoms with Crippen LogP contribution in [0.5, 0.6) is 0 Å². The van der Waals surface area contributed by atoms with E-state index in [4.69, 9.17) is 0 Å². The SMILES string of the molecule is CC(CNC(=O)C1CCCCC1C(=O)O)NC(=O)C1CCCCC1C(=O)O. The monoisotopic (exact) mass is 382 g/mol. The molecule has 8 nitrogen and oxygen atoms in total. The molecule has 0 saturated heterocycles. The van der Waals surface area contributed by atoms with Crippen LogP contribution < -0.4 is 10.6 Å². The van der Waals surface area contributed by atoms with Gasteiger partial charge in [-0.3, -0.25) is 19.2 Å². The van der Waals surface area contributed by atoms with Gasteiger partial charge in [-0.2, -0.15) is 0 Å². The van der Waals surface area contributed by atoms with Crippen LogP contribution >= 0.6 is 0 Å². The maximum atomic E-state index is 12.4. The number of carboxylic acid groups (broad SMARTS) is 2. The maximum Gasteiger partial charge on any atom is 0.307 e. The van der Waals surface area contributed by atoms with Gasteiger partial charge in [0.1, 0.15) is 0 Å². The van der Waals surface area contributed by atoms with E-state index in [9.17, 15) is 29.4 Å². The normalized spacial score (nSPS) is 29.4. The van der Waals surface area contributed by atoms with Gasteiger partial charge in [-0.25, -0.2) is 0 Å². The van der Waals surface area contributed by atoms with E-state index in [0.29, 0.717) is 25.7 Å². The highest BCUT2D eigenvalue weighted by atomic mass is 16.4. The van der Waals surface area contributed by atoms with Crippen molar-refractivity contribution in [2.45, 2.75) is 64.3 Å². The van der Waals surface area contributed by atoms with Crippen molar-refractivity contribution < 1.29 is 29.4 Å².